The van der Waals surface area contributed by atoms with Crippen molar-refractivity contribution in [3.05, 3.63) is 128 Å². The van der Waals surface area contributed by atoms with Crippen LogP contribution in [0.5, 0.6) is 11.5 Å². The van der Waals surface area contributed by atoms with E-state index in [4.69, 9.17) is 16.3 Å². The van der Waals surface area contributed by atoms with Gasteiger partial charge in [0.2, 0.25) is 23.6 Å². The van der Waals surface area contributed by atoms with Crippen molar-refractivity contribution in [2.45, 2.75) is 31.1 Å². The van der Waals surface area contributed by atoms with E-state index in [1.807, 2.05) is 55.5 Å². The first-order valence-corrected chi connectivity index (χ1v) is 18.1. The molecule has 2 heterocycles. The summed E-state index contributed by atoms with van der Waals surface area (Å²) in [5.41, 5.74) is 1.14. The number of halogens is 2. The smallest absolute Gasteiger partial charge is 0.246 e. The molecule has 1 N–H and O–H groups in total. The molecule has 0 radical (unpaired) electrons. The summed E-state index contributed by atoms with van der Waals surface area (Å²) in [5, 5.41) is 12.3. The number of para-hydroxylation sites is 1. The molecule has 50 heavy (non-hydrogen) atoms. The molecule has 0 aromatic heterocycles. The van der Waals surface area contributed by atoms with Crippen LogP contribution in [0.3, 0.4) is 0 Å². The molecule has 0 unspecified atom stereocenters. The monoisotopic (exact) mass is 798 g/mol. The van der Waals surface area contributed by atoms with Crippen LogP contribution in [0.4, 0.5) is 11.4 Å². The molecular weight excluding hydrogens is 767 g/mol. The van der Waals surface area contributed by atoms with Crippen LogP contribution in [-0.2, 0) is 24.6 Å². The van der Waals surface area contributed by atoms with Gasteiger partial charge in [-0.05, 0) is 102 Å². The van der Waals surface area contributed by atoms with Crippen molar-refractivity contribution in [2.75, 3.05) is 16.4 Å². The van der Waals surface area contributed by atoms with Crippen molar-refractivity contribution in [2.24, 2.45) is 23.7 Å². The van der Waals surface area contributed by atoms with Crippen LogP contribution in [0.25, 0.3) is 0 Å². The standard InChI is InChI=1S/C40H32ClIN2O6/c1-2-50-32-13-7-12-29(35(32)45)34-27-18-19-28-33(38(48)43(36(28)46)25-16-14-24(42)15-17-25)30(27)21-31-37(47)44(26-11-6-10-23(41)20-26)39(49)40(31,34)22-8-4-3-5-9-22/h3-18,20,28,30-31,33-34,45H,2,19,21H2,1H3/t28-,30+,31-,33-,34+,40+/m0/s1. The number of hydrogen-bond acceptors (Lipinski definition) is 6. The van der Waals surface area contributed by atoms with Gasteiger partial charge in [0.05, 0.1) is 41.2 Å². The fraction of sp³-hybridized carbons (Fsp3) is 0.250. The van der Waals surface area contributed by atoms with Crippen molar-refractivity contribution in [1.82, 2.24) is 0 Å². The molecule has 4 aliphatic rings. The number of amides is 4. The summed E-state index contributed by atoms with van der Waals surface area (Å²) >= 11 is 8.58. The molecule has 2 aliphatic carbocycles. The van der Waals surface area contributed by atoms with Crippen molar-refractivity contribution < 1.29 is 29.0 Å². The number of rotatable bonds is 6. The number of ether oxygens (including phenoxy) is 1. The molecule has 1 saturated carbocycles. The number of nitrogens with zero attached hydrogens (tertiary/aromatic N) is 2. The molecule has 3 fully saturated rings. The van der Waals surface area contributed by atoms with E-state index in [9.17, 15) is 19.5 Å². The molecular formula is C40H32ClIN2O6. The Morgan fingerprint density at radius 2 is 1.58 bits per heavy atom. The van der Waals surface area contributed by atoms with Crippen LogP contribution in [0.15, 0.2) is 109 Å². The third kappa shape index (κ3) is 4.69. The summed E-state index contributed by atoms with van der Waals surface area (Å²) in [4.78, 5) is 61.2. The highest BCUT2D eigenvalue weighted by molar-refractivity contribution is 14.1. The van der Waals surface area contributed by atoms with Gasteiger partial charge in [0.25, 0.3) is 0 Å². The number of imide groups is 2. The van der Waals surface area contributed by atoms with E-state index in [1.54, 1.807) is 54.6 Å². The quantitative estimate of drug-likeness (QED) is 0.124. The van der Waals surface area contributed by atoms with Gasteiger partial charge in [0.1, 0.15) is 0 Å². The van der Waals surface area contributed by atoms with Crippen molar-refractivity contribution in [3.63, 3.8) is 0 Å². The maximum Gasteiger partial charge on any atom is 0.246 e. The minimum Gasteiger partial charge on any atom is -0.504 e. The van der Waals surface area contributed by atoms with Gasteiger partial charge in [-0.2, -0.15) is 0 Å². The number of carbonyl (C=O) groups excluding carboxylic acids is 4. The van der Waals surface area contributed by atoms with Gasteiger partial charge in [-0.1, -0.05) is 71.8 Å². The molecule has 4 aromatic rings. The lowest BCUT2D eigenvalue weighted by molar-refractivity contribution is -0.127. The van der Waals surface area contributed by atoms with Crippen LogP contribution in [0, 0.1) is 27.2 Å². The Bertz CT molecular complexity index is 2100. The second kappa shape index (κ2) is 12.4. The van der Waals surface area contributed by atoms with E-state index in [0.717, 1.165) is 9.14 Å². The molecule has 0 bridgehead atoms. The first kappa shape index (κ1) is 32.7. The lowest BCUT2D eigenvalue weighted by atomic mass is 9.49. The van der Waals surface area contributed by atoms with Gasteiger partial charge >= 0.3 is 0 Å². The first-order chi connectivity index (χ1) is 24.2. The van der Waals surface area contributed by atoms with E-state index in [-0.39, 0.29) is 36.2 Å². The van der Waals surface area contributed by atoms with E-state index in [1.165, 1.54) is 9.80 Å². The third-order valence-electron chi connectivity index (χ3n) is 10.9. The zero-order valence-corrected chi connectivity index (χ0v) is 29.9. The van der Waals surface area contributed by atoms with E-state index >= 15 is 4.79 Å². The second-order valence-corrected chi connectivity index (χ2v) is 14.9. The Balaban J connectivity index is 1.37. The number of carbonyl (C=O) groups is 4. The lowest BCUT2D eigenvalue weighted by Gasteiger charge is -2.50. The highest BCUT2D eigenvalue weighted by Gasteiger charge is 2.70. The molecule has 0 spiro atoms. The van der Waals surface area contributed by atoms with Gasteiger partial charge < -0.3 is 9.84 Å². The van der Waals surface area contributed by atoms with Gasteiger partial charge in [-0.25, -0.2) is 4.90 Å². The summed E-state index contributed by atoms with van der Waals surface area (Å²) in [6.07, 6.45) is 2.41. The highest BCUT2D eigenvalue weighted by Crippen LogP contribution is 2.65. The number of allylic oxidation sites excluding steroid dienone is 2. The Kier molecular flexibility index (Phi) is 8.10. The molecule has 6 atom stereocenters. The Morgan fingerprint density at radius 1 is 0.840 bits per heavy atom. The topological polar surface area (TPSA) is 104 Å². The fourth-order valence-electron chi connectivity index (χ4n) is 8.98. The Morgan fingerprint density at radius 3 is 2.30 bits per heavy atom. The van der Waals surface area contributed by atoms with Crippen molar-refractivity contribution in [1.29, 1.82) is 0 Å². The maximum atomic E-state index is 15.4. The summed E-state index contributed by atoms with van der Waals surface area (Å²) in [5.74, 6) is -5.08. The van der Waals surface area contributed by atoms with Crippen molar-refractivity contribution in [3.8, 4) is 11.5 Å². The van der Waals surface area contributed by atoms with Crippen LogP contribution in [0.1, 0.15) is 36.8 Å². The highest BCUT2D eigenvalue weighted by atomic mass is 127. The number of aromatic hydroxyl groups is 1. The largest absolute Gasteiger partial charge is 0.504 e. The second-order valence-electron chi connectivity index (χ2n) is 13.2. The fourth-order valence-corrected chi connectivity index (χ4v) is 9.52. The van der Waals surface area contributed by atoms with Crippen LogP contribution < -0.4 is 14.5 Å². The molecule has 4 amide bonds. The number of benzene rings is 4. The zero-order chi connectivity index (χ0) is 34.9. The SMILES string of the molecule is CCOc1cccc([C@H]2C3=CC[C@@H]4C(=O)N(c5ccc(I)cc5)C(=O)[C@@H]4[C@@H]3C[C@H]3C(=O)N(c4cccc(Cl)c4)C(=O)[C@@]23c2ccccc2)c1O. The van der Waals surface area contributed by atoms with Crippen LogP contribution in [0.2, 0.25) is 5.02 Å². The first-order valence-electron chi connectivity index (χ1n) is 16.7. The Labute approximate surface area is 307 Å². The lowest BCUT2D eigenvalue weighted by Crippen LogP contribution is -2.53. The summed E-state index contributed by atoms with van der Waals surface area (Å²) in [6.45, 7) is 2.12. The molecule has 252 valence electrons. The van der Waals surface area contributed by atoms with E-state index < -0.39 is 46.8 Å². The minimum atomic E-state index is -1.50. The summed E-state index contributed by atoms with van der Waals surface area (Å²) < 4.78 is 6.80. The number of anilines is 2. The van der Waals surface area contributed by atoms with Gasteiger partial charge in [-0.3, -0.25) is 24.1 Å². The maximum absolute atomic E-state index is 15.4. The predicted octanol–water partition coefficient (Wildman–Crippen LogP) is 7.42. The van der Waals surface area contributed by atoms with Crippen LogP contribution >= 0.6 is 34.2 Å². The van der Waals surface area contributed by atoms with E-state index in [2.05, 4.69) is 22.6 Å². The molecule has 2 aliphatic heterocycles. The molecule has 8 rings (SSSR count). The Hall–Kier alpha value is -4.48. The number of phenols is 1. The number of phenolic OH excluding ortho intramolecular Hbond substituents is 1. The summed E-state index contributed by atoms with van der Waals surface area (Å²) in [7, 11) is 0. The number of hydrogen-bond donors (Lipinski definition) is 1. The average molecular weight is 799 g/mol. The average Bonchev–Trinajstić information content (AvgIpc) is 3.51. The van der Waals surface area contributed by atoms with Crippen molar-refractivity contribution >= 4 is 69.2 Å². The molecule has 2 saturated heterocycles. The molecule has 10 heteroatoms. The number of fused-ring (bicyclic) bond motifs is 4. The third-order valence-corrected chi connectivity index (χ3v) is 11.8. The minimum absolute atomic E-state index is 0.132. The molecule has 4 aromatic carbocycles. The van der Waals surface area contributed by atoms with Gasteiger partial charge in [-0.15, -0.1) is 0 Å². The summed E-state index contributed by atoms with van der Waals surface area (Å²) in [6, 6.07) is 28.3. The normalized spacial score (nSPS) is 27.2. The zero-order valence-electron chi connectivity index (χ0n) is 27.0. The molecule has 8 nitrogen and oxygen atoms in total. The van der Waals surface area contributed by atoms with Crippen LogP contribution in [-0.4, -0.2) is 35.3 Å². The van der Waals surface area contributed by atoms with Gasteiger partial charge in [0.15, 0.2) is 11.5 Å². The predicted molar refractivity (Wildman–Crippen MR) is 197 cm³/mol. The van der Waals surface area contributed by atoms with E-state index in [0.29, 0.717) is 34.1 Å². The van der Waals surface area contributed by atoms with Gasteiger partial charge in [0, 0.05) is 20.1 Å².